The highest BCUT2D eigenvalue weighted by molar-refractivity contribution is 9.10. The number of hydrogen-bond donors (Lipinski definition) is 0. The Morgan fingerprint density at radius 2 is 1.71 bits per heavy atom. The molecule has 3 aromatic rings. The van der Waals surface area contributed by atoms with Crippen molar-refractivity contribution < 1.29 is 24.0 Å². The normalized spacial score (nSPS) is 23.2. The third-order valence-electron chi connectivity index (χ3n) is 7.49. The Morgan fingerprint density at radius 1 is 1.00 bits per heavy atom. The SMILES string of the molecule is COc1ccc(C(=O)C2C3C(=O)N(c4ccc([N+](=O)[O-])cc4)C(=O)C3C3c4ccccc4C=CN23)cc1Br. The Kier molecular flexibility index (Phi) is 5.64. The molecule has 2 fully saturated rings. The number of Topliss-reactive ketones (excluding diaryl/α,β-unsaturated/α-hetero) is 1. The molecule has 4 atom stereocenters. The summed E-state index contributed by atoms with van der Waals surface area (Å²) in [6, 6.07) is 16.4. The second-order valence-electron chi connectivity index (χ2n) is 9.33. The van der Waals surface area contributed by atoms with Gasteiger partial charge in [0.1, 0.15) is 11.8 Å². The van der Waals surface area contributed by atoms with Gasteiger partial charge in [0.05, 0.1) is 40.1 Å². The fraction of sp³-hybridized carbons (Fsp3) is 0.179. The van der Waals surface area contributed by atoms with E-state index in [0.717, 1.165) is 16.0 Å². The lowest BCUT2D eigenvalue weighted by atomic mass is 9.83. The molecule has 4 unspecified atom stereocenters. The number of ketones is 1. The van der Waals surface area contributed by atoms with Gasteiger partial charge in [0, 0.05) is 23.9 Å². The van der Waals surface area contributed by atoms with E-state index in [4.69, 9.17) is 4.74 Å². The molecule has 0 saturated carbocycles. The monoisotopic (exact) mass is 573 g/mol. The number of nitrogens with zero attached hydrogens (tertiary/aromatic N) is 3. The van der Waals surface area contributed by atoms with E-state index in [2.05, 4.69) is 15.9 Å². The van der Waals surface area contributed by atoms with Gasteiger partial charge >= 0.3 is 0 Å². The third-order valence-corrected chi connectivity index (χ3v) is 8.10. The third kappa shape index (κ3) is 3.47. The number of nitro benzene ring substituents is 1. The molecule has 2 saturated heterocycles. The highest BCUT2D eigenvalue weighted by Gasteiger charge is 2.64. The molecule has 0 N–H and O–H groups in total. The van der Waals surface area contributed by atoms with E-state index in [-0.39, 0.29) is 17.2 Å². The summed E-state index contributed by atoms with van der Waals surface area (Å²) in [5.41, 5.74) is 2.25. The number of rotatable bonds is 5. The van der Waals surface area contributed by atoms with Crippen molar-refractivity contribution in [3.63, 3.8) is 0 Å². The number of ether oxygens (including phenoxy) is 1. The summed E-state index contributed by atoms with van der Waals surface area (Å²) < 4.78 is 5.88. The van der Waals surface area contributed by atoms with Gasteiger partial charge in [0.25, 0.3) is 5.69 Å². The van der Waals surface area contributed by atoms with Crippen LogP contribution in [0.25, 0.3) is 6.08 Å². The van der Waals surface area contributed by atoms with Gasteiger partial charge in [-0.2, -0.15) is 0 Å². The number of hydrogen-bond acceptors (Lipinski definition) is 7. The second-order valence-corrected chi connectivity index (χ2v) is 10.2. The zero-order valence-corrected chi connectivity index (χ0v) is 21.6. The fourth-order valence-electron chi connectivity index (χ4n) is 5.83. The lowest BCUT2D eigenvalue weighted by Crippen LogP contribution is -2.44. The zero-order valence-electron chi connectivity index (χ0n) is 20.0. The molecule has 0 spiro atoms. The van der Waals surface area contributed by atoms with Gasteiger partial charge in [-0.25, -0.2) is 4.90 Å². The van der Waals surface area contributed by atoms with E-state index in [1.54, 1.807) is 24.4 Å². The Hall–Kier alpha value is -4.31. The molecule has 9 nitrogen and oxygen atoms in total. The van der Waals surface area contributed by atoms with Crippen molar-refractivity contribution in [2.24, 2.45) is 11.8 Å². The predicted molar refractivity (Wildman–Crippen MR) is 141 cm³/mol. The summed E-state index contributed by atoms with van der Waals surface area (Å²) in [4.78, 5) is 55.3. The van der Waals surface area contributed by atoms with Gasteiger partial charge in [-0.05, 0) is 63.5 Å². The first-order valence-electron chi connectivity index (χ1n) is 11.9. The second kappa shape index (κ2) is 8.91. The summed E-state index contributed by atoms with van der Waals surface area (Å²) in [5.74, 6) is -2.40. The van der Waals surface area contributed by atoms with Crippen LogP contribution in [0.2, 0.25) is 0 Å². The van der Waals surface area contributed by atoms with Crippen LogP contribution in [-0.2, 0) is 9.59 Å². The van der Waals surface area contributed by atoms with Crippen LogP contribution in [0.5, 0.6) is 5.75 Å². The van der Waals surface area contributed by atoms with E-state index in [1.165, 1.54) is 31.4 Å². The number of carbonyl (C=O) groups is 3. The van der Waals surface area contributed by atoms with Crippen molar-refractivity contribution in [1.82, 2.24) is 4.90 Å². The number of nitro groups is 1. The van der Waals surface area contributed by atoms with Gasteiger partial charge < -0.3 is 9.64 Å². The van der Waals surface area contributed by atoms with Crippen LogP contribution in [0.3, 0.4) is 0 Å². The highest BCUT2D eigenvalue weighted by atomic mass is 79.9. The number of anilines is 1. The van der Waals surface area contributed by atoms with Crippen molar-refractivity contribution in [2.75, 3.05) is 12.0 Å². The van der Waals surface area contributed by atoms with E-state index >= 15 is 0 Å². The lowest BCUT2D eigenvalue weighted by Gasteiger charge is -2.35. The maximum Gasteiger partial charge on any atom is 0.269 e. The molecule has 2 amide bonds. The van der Waals surface area contributed by atoms with Crippen LogP contribution in [0.1, 0.15) is 27.5 Å². The summed E-state index contributed by atoms with van der Waals surface area (Å²) in [6.45, 7) is 0. The topological polar surface area (TPSA) is 110 Å². The standard InChI is InChI=1S/C28H20BrN3O6/c1-38-21-11-6-16(14-20(21)29)26(33)25-23-22(24-19-5-3-2-4-15(19)12-13-30(24)25)27(34)31(28(23)35)17-7-9-18(10-8-17)32(36)37/h2-14,22-25H,1H3. The van der Waals surface area contributed by atoms with Gasteiger partial charge in [0.15, 0.2) is 5.78 Å². The first-order valence-corrected chi connectivity index (χ1v) is 12.7. The minimum absolute atomic E-state index is 0.149. The molecule has 38 heavy (non-hydrogen) atoms. The van der Waals surface area contributed by atoms with Gasteiger partial charge in [0.2, 0.25) is 11.8 Å². The van der Waals surface area contributed by atoms with Crippen LogP contribution in [-0.4, -0.2) is 40.6 Å². The maximum absolute atomic E-state index is 14.0. The molecule has 3 aliphatic heterocycles. The van der Waals surface area contributed by atoms with Gasteiger partial charge in [-0.1, -0.05) is 24.3 Å². The first-order chi connectivity index (χ1) is 18.3. The molecular weight excluding hydrogens is 554 g/mol. The van der Waals surface area contributed by atoms with E-state index in [0.29, 0.717) is 15.8 Å². The average molecular weight is 574 g/mol. The van der Waals surface area contributed by atoms with E-state index in [9.17, 15) is 24.5 Å². The Morgan fingerprint density at radius 3 is 2.39 bits per heavy atom. The minimum atomic E-state index is -0.938. The smallest absolute Gasteiger partial charge is 0.269 e. The molecule has 190 valence electrons. The van der Waals surface area contributed by atoms with Crippen LogP contribution < -0.4 is 9.64 Å². The minimum Gasteiger partial charge on any atom is -0.496 e. The molecule has 3 aliphatic rings. The molecule has 0 aromatic heterocycles. The molecule has 10 heteroatoms. The number of halogens is 1. The molecule has 0 radical (unpaired) electrons. The number of benzene rings is 3. The number of carbonyl (C=O) groups excluding carboxylic acids is 3. The van der Waals surface area contributed by atoms with Crippen molar-refractivity contribution in [3.8, 4) is 5.75 Å². The van der Waals surface area contributed by atoms with Crippen LogP contribution >= 0.6 is 15.9 Å². The molecule has 6 rings (SSSR count). The largest absolute Gasteiger partial charge is 0.496 e. The van der Waals surface area contributed by atoms with Gasteiger partial charge in [-0.3, -0.25) is 24.5 Å². The van der Waals surface area contributed by atoms with Gasteiger partial charge in [-0.15, -0.1) is 0 Å². The van der Waals surface area contributed by atoms with Crippen molar-refractivity contribution in [3.05, 3.63) is 104 Å². The molecule has 0 bridgehead atoms. The van der Waals surface area contributed by atoms with E-state index < -0.39 is 40.7 Å². The number of amides is 2. The summed E-state index contributed by atoms with van der Waals surface area (Å²) in [6.07, 6.45) is 3.68. The predicted octanol–water partition coefficient (Wildman–Crippen LogP) is 4.76. The van der Waals surface area contributed by atoms with Crippen molar-refractivity contribution in [2.45, 2.75) is 12.1 Å². The molecule has 0 aliphatic carbocycles. The average Bonchev–Trinajstić information content (AvgIpc) is 3.40. The summed E-state index contributed by atoms with van der Waals surface area (Å²) in [7, 11) is 1.53. The maximum atomic E-state index is 14.0. The summed E-state index contributed by atoms with van der Waals surface area (Å²) >= 11 is 3.43. The Labute approximate surface area is 225 Å². The number of fused-ring (bicyclic) bond motifs is 5. The highest BCUT2D eigenvalue weighted by Crippen LogP contribution is 2.53. The first kappa shape index (κ1) is 24.1. The van der Waals surface area contributed by atoms with Crippen molar-refractivity contribution in [1.29, 1.82) is 0 Å². The molecule has 3 aromatic carbocycles. The van der Waals surface area contributed by atoms with Crippen molar-refractivity contribution >= 4 is 51.0 Å². The van der Waals surface area contributed by atoms with Crippen LogP contribution in [0.15, 0.2) is 77.4 Å². The molecular formula is C28H20BrN3O6. The summed E-state index contributed by atoms with van der Waals surface area (Å²) in [5, 5.41) is 11.1. The van der Waals surface area contributed by atoms with Crippen LogP contribution in [0, 0.1) is 22.0 Å². The zero-order chi connectivity index (χ0) is 26.7. The van der Waals surface area contributed by atoms with Crippen LogP contribution in [0.4, 0.5) is 11.4 Å². The molecule has 3 heterocycles. The fourth-order valence-corrected chi connectivity index (χ4v) is 6.37. The number of methoxy groups -OCH3 is 1. The lowest BCUT2D eigenvalue weighted by molar-refractivity contribution is -0.384. The Balaban J connectivity index is 1.46. The van der Waals surface area contributed by atoms with E-state index in [1.807, 2.05) is 35.2 Å². The number of non-ortho nitro benzene ring substituents is 1. The Bertz CT molecular complexity index is 1550. The quantitative estimate of drug-likeness (QED) is 0.187. The number of imide groups is 1.